The lowest BCUT2D eigenvalue weighted by molar-refractivity contribution is 0.0521. The molecule has 2 heterocycles. The van der Waals surface area contributed by atoms with Crippen LogP contribution >= 0.6 is 23.2 Å². The van der Waals surface area contributed by atoms with Crippen LogP contribution in [0.5, 0.6) is 0 Å². The maximum Gasteiger partial charge on any atom is 0.437 e. The highest BCUT2D eigenvalue weighted by Crippen LogP contribution is 2.25. The van der Waals surface area contributed by atoms with Crippen LogP contribution < -0.4 is 0 Å². The van der Waals surface area contributed by atoms with Gasteiger partial charge in [-0.2, -0.15) is 10.1 Å². The molecule has 2 aromatic rings. The summed E-state index contributed by atoms with van der Waals surface area (Å²) in [6, 6.07) is 0. The molecule has 0 amide bonds. The molecule has 0 saturated heterocycles. The van der Waals surface area contributed by atoms with Crippen LogP contribution in [0.2, 0.25) is 10.4 Å². The highest BCUT2D eigenvalue weighted by Gasteiger charge is 2.23. The van der Waals surface area contributed by atoms with E-state index in [1.807, 2.05) is 0 Å². The normalized spacial score (nSPS) is 11.9. The number of aromatic nitrogens is 4. The summed E-state index contributed by atoms with van der Waals surface area (Å²) in [7, 11) is 0. The summed E-state index contributed by atoms with van der Waals surface area (Å²) in [5.74, 6) is 0. The molecule has 0 fully saturated rings. The lowest BCUT2D eigenvalue weighted by Gasteiger charge is -2.18. The molecule has 0 N–H and O–H groups in total. The molecule has 0 spiro atoms. The summed E-state index contributed by atoms with van der Waals surface area (Å²) in [5.41, 5.74) is 0.128. The fourth-order valence-electron chi connectivity index (χ4n) is 1.54. The van der Waals surface area contributed by atoms with Gasteiger partial charge in [-0.3, -0.25) is 0 Å². The van der Waals surface area contributed by atoms with Crippen molar-refractivity contribution in [2.75, 3.05) is 0 Å². The van der Waals surface area contributed by atoms with Crippen molar-refractivity contribution >= 4 is 40.3 Å². The number of halogens is 2. The molecule has 0 radical (unpaired) electrons. The van der Waals surface area contributed by atoms with E-state index < -0.39 is 11.7 Å². The van der Waals surface area contributed by atoms with E-state index >= 15 is 0 Å². The molecule has 0 aliphatic heterocycles. The van der Waals surface area contributed by atoms with Crippen molar-refractivity contribution < 1.29 is 9.53 Å². The highest BCUT2D eigenvalue weighted by molar-refractivity contribution is 6.35. The molecular formula is C11H12Cl2N4O2. The van der Waals surface area contributed by atoms with Crippen LogP contribution in [0.4, 0.5) is 4.79 Å². The summed E-state index contributed by atoms with van der Waals surface area (Å²) < 4.78 is 6.28. The molecule has 6 nitrogen and oxygen atoms in total. The van der Waals surface area contributed by atoms with Crippen molar-refractivity contribution in [3.63, 3.8) is 0 Å². The Hall–Kier alpha value is -1.40. The molecule has 0 saturated carbocycles. The van der Waals surface area contributed by atoms with Gasteiger partial charge in [0.15, 0.2) is 5.65 Å². The van der Waals surface area contributed by atoms with Crippen LogP contribution in [0.3, 0.4) is 0 Å². The predicted molar refractivity (Wildman–Crippen MR) is 71.7 cm³/mol. The third-order valence-corrected chi connectivity index (χ3v) is 2.64. The fourth-order valence-corrected chi connectivity index (χ4v) is 2.05. The molecular weight excluding hydrogens is 291 g/mol. The van der Waals surface area contributed by atoms with Gasteiger partial charge in [0.2, 0.25) is 5.28 Å². The molecule has 0 bridgehead atoms. The van der Waals surface area contributed by atoms with Crippen LogP contribution in [0.25, 0.3) is 11.0 Å². The Morgan fingerprint density at radius 1 is 1.26 bits per heavy atom. The molecule has 0 aromatic carbocycles. The lowest BCUT2D eigenvalue weighted by atomic mass is 10.2. The van der Waals surface area contributed by atoms with E-state index in [2.05, 4.69) is 15.1 Å². The first kappa shape index (κ1) is 14.0. The summed E-state index contributed by atoms with van der Waals surface area (Å²) >= 11 is 11.7. The van der Waals surface area contributed by atoms with Gasteiger partial charge in [-0.1, -0.05) is 11.6 Å². The Morgan fingerprint density at radius 3 is 2.47 bits per heavy atom. The van der Waals surface area contributed by atoms with Crippen molar-refractivity contribution in [3.8, 4) is 0 Å². The predicted octanol–water partition coefficient (Wildman–Crippen LogP) is 3.22. The quantitative estimate of drug-likeness (QED) is 0.552. The maximum absolute atomic E-state index is 12.0. The van der Waals surface area contributed by atoms with E-state index in [9.17, 15) is 4.79 Å². The molecule has 2 aromatic heterocycles. The van der Waals surface area contributed by atoms with Gasteiger partial charge in [0.05, 0.1) is 11.1 Å². The minimum atomic E-state index is -0.642. The first-order valence-electron chi connectivity index (χ1n) is 5.51. The number of nitrogens with zero attached hydrogens (tertiary/aromatic N) is 4. The minimum Gasteiger partial charge on any atom is -0.442 e. The SMILES string of the molecule is Cc1nn(C(=O)OC(C)(C)C)c2nc(Cl)nc(Cl)c12. The molecule has 0 aliphatic rings. The molecule has 8 heteroatoms. The van der Waals surface area contributed by atoms with E-state index in [0.717, 1.165) is 4.68 Å². The Kier molecular flexibility index (Phi) is 3.40. The third-order valence-electron chi connectivity index (χ3n) is 2.20. The minimum absolute atomic E-state index is 0.0535. The van der Waals surface area contributed by atoms with Gasteiger partial charge in [0, 0.05) is 0 Å². The van der Waals surface area contributed by atoms with Crippen LogP contribution in [0.1, 0.15) is 26.5 Å². The number of aryl methyl sites for hydroxylation is 1. The summed E-state index contributed by atoms with van der Waals surface area (Å²) in [6.07, 6.45) is -0.642. The second-order valence-corrected chi connectivity index (χ2v) is 5.66. The van der Waals surface area contributed by atoms with Crippen molar-refractivity contribution in [1.29, 1.82) is 0 Å². The first-order chi connectivity index (χ1) is 8.69. The highest BCUT2D eigenvalue weighted by atomic mass is 35.5. The van der Waals surface area contributed by atoms with Crippen molar-refractivity contribution in [2.45, 2.75) is 33.3 Å². The zero-order valence-corrected chi connectivity index (χ0v) is 12.4. The molecule has 0 aliphatic carbocycles. The van der Waals surface area contributed by atoms with Gasteiger partial charge in [-0.15, -0.1) is 4.68 Å². The number of hydrogen-bond acceptors (Lipinski definition) is 5. The van der Waals surface area contributed by atoms with Crippen LogP contribution in [-0.2, 0) is 4.74 Å². The van der Waals surface area contributed by atoms with E-state index in [-0.39, 0.29) is 16.1 Å². The fraction of sp³-hybridized carbons (Fsp3) is 0.455. The van der Waals surface area contributed by atoms with Crippen molar-refractivity contribution in [2.24, 2.45) is 0 Å². The Labute approximate surface area is 119 Å². The van der Waals surface area contributed by atoms with Crippen molar-refractivity contribution in [3.05, 3.63) is 16.1 Å². The molecule has 0 atom stereocenters. The molecule has 19 heavy (non-hydrogen) atoms. The molecule has 102 valence electrons. The smallest absolute Gasteiger partial charge is 0.437 e. The molecule has 0 unspecified atom stereocenters. The number of fused-ring (bicyclic) bond motifs is 1. The number of carbonyl (C=O) groups excluding carboxylic acids is 1. The monoisotopic (exact) mass is 302 g/mol. The van der Waals surface area contributed by atoms with Gasteiger partial charge < -0.3 is 4.74 Å². The lowest BCUT2D eigenvalue weighted by Crippen LogP contribution is -2.28. The maximum atomic E-state index is 12.0. The Morgan fingerprint density at radius 2 is 1.89 bits per heavy atom. The largest absolute Gasteiger partial charge is 0.442 e. The van der Waals surface area contributed by atoms with Gasteiger partial charge in [0.25, 0.3) is 0 Å². The number of ether oxygens (including phenoxy) is 1. The average molecular weight is 303 g/mol. The first-order valence-corrected chi connectivity index (χ1v) is 6.26. The van der Waals surface area contributed by atoms with E-state index in [1.54, 1.807) is 27.7 Å². The number of hydrogen-bond donors (Lipinski definition) is 0. The second-order valence-electron chi connectivity index (χ2n) is 4.96. The average Bonchev–Trinajstić information content (AvgIpc) is 2.53. The van der Waals surface area contributed by atoms with Gasteiger partial charge in [0.1, 0.15) is 10.8 Å². The summed E-state index contributed by atoms with van der Waals surface area (Å²) in [4.78, 5) is 19.8. The van der Waals surface area contributed by atoms with E-state index in [4.69, 9.17) is 27.9 Å². The van der Waals surface area contributed by atoms with Gasteiger partial charge in [-0.05, 0) is 39.3 Å². The topological polar surface area (TPSA) is 69.9 Å². The van der Waals surface area contributed by atoms with Gasteiger partial charge >= 0.3 is 6.09 Å². The zero-order chi connectivity index (χ0) is 14.4. The third kappa shape index (κ3) is 2.79. The van der Waals surface area contributed by atoms with Gasteiger partial charge in [-0.25, -0.2) is 9.78 Å². The second kappa shape index (κ2) is 4.61. The number of rotatable bonds is 0. The Bertz CT molecular complexity index is 661. The number of carbonyl (C=O) groups is 1. The van der Waals surface area contributed by atoms with E-state index in [1.165, 1.54) is 0 Å². The van der Waals surface area contributed by atoms with Crippen LogP contribution in [0, 0.1) is 6.92 Å². The van der Waals surface area contributed by atoms with Crippen LogP contribution in [0.15, 0.2) is 0 Å². The standard InChI is InChI=1S/C11H12Cl2N4O2/c1-5-6-7(12)14-9(13)15-8(6)17(16-5)10(18)19-11(2,3)4/h1-4H3. The van der Waals surface area contributed by atoms with Crippen molar-refractivity contribution in [1.82, 2.24) is 19.7 Å². The Balaban J connectivity index is 2.59. The zero-order valence-electron chi connectivity index (χ0n) is 10.9. The summed E-state index contributed by atoms with van der Waals surface area (Å²) in [6.45, 7) is 6.99. The summed E-state index contributed by atoms with van der Waals surface area (Å²) in [5, 5.41) is 4.66. The van der Waals surface area contributed by atoms with Crippen LogP contribution in [-0.4, -0.2) is 31.4 Å². The van der Waals surface area contributed by atoms with E-state index in [0.29, 0.717) is 11.1 Å². The molecule has 2 rings (SSSR count).